The van der Waals surface area contributed by atoms with Crippen molar-refractivity contribution in [2.45, 2.75) is 37.9 Å². The fraction of sp³-hybridized carbons (Fsp3) is 0.318. The first kappa shape index (κ1) is 20.1. The van der Waals surface area contributed by atoms with Gasteiger partial charge in [0.05, 0.1) is 22.8 Å². The molecule has 3 aromatic rings. The number of nitrogens with one attached hydrogen (secondary N) is 1. The fourth-order valence-corrected chi connectivity index (χ4v) is 5.64. The predicted octanol–water partition coefficient (Wildman–Crippen LogP) is 3.13. The van der Waals surface area contributed by atoms with Crippen LogP contribution in [0.15, 0.2) is 42.6 Å². The first-order valence-corrected chi connectivity index (χ1v) is 11.3. The number of halogens is 1. The van der Waals surface area contributed by atoms with Crippen LogP contribution in [0.5, 0.6) is 0 Å². The molecule has 0 spiro atoms. The quantitative estimate of drug-likeness (QED) is 0.617. The number of piperidine rings is 1. The Hall–Kier alpha value is -2.84. The highest BCUT2D eigenvalue weighted by molar-refractivity contribution is 7.16. The maximum Gasteiger partial charge on any atom is 0.323 e. The molecule has 3 heterocycles. The summed E-state index contributed by atoms with van der Waals surface area (Å²) in [6.45, 7) is 0.399. The predicted molar refractivity (Wildman–Crippen MR) is 119 cm³/mol. The molecule has 1 aliphatic carbocycles. The number of aromatic nitrogens is 1. The Morgan fingerprint density at radius 3 is 2.71 bits per heavy atom. The topological polar surface area (TPSA) is 97.4 Å². The Kier molecular flexibility index (Phi) is 4.98. The molecule has 0 bridgehead atoms. The molecule has 2 fully saturated rings. The minimum Gasteiger partial charge on any atom is -0.351 e. The standard InChI is InChI=1S/C22H21ClN4O3S/c23-19-6-5-14(31-19)10-25-21(29)18-8-12-7-17(12)27(18)20(28)9-13-11-26(22(24)30)16-4-2-1-3-15(13)16/h1-6,11-12,17-18H,7-10H2,(H2,24,30)(H,25,29)/t12?,17?,18-/m0/s1. The summed E-state index contributed by atoms with van der Waals surface area (Å²) >= 11 is 7.38. The van der Waals surface area contributed by atoms with Crippen molar-refractivity contribution in [2.75, 3.05) is 0 Å². The van der Waals surface area contributed by atoms with E-state index in [0.717, 1.165) is 22.2 Å². The largest absolute Gasteiger partial charge is 0.351 e. The van der Waals surface area contributed by atoms with Gasteiger partial charge in [-0.2, -0.15) is 0 Å². The van der Waals surface area contributed by atoms with Crippen molar-refractivity contribution in [3.63, 3.8) is 0 Å². The van der Waals surface area contributed by atoms with Gasteiger partial charge in [-0.1, -0.05) is 29.8 Å². The van der Waals surface area contributed by atoms with E-state index in [1.54, 1.807) is 23.2 Å². The Balaban J connectivity index is 1.33. The van der Waals surface area contributed by atoms with E-state index in [2.05, 4.69) is 5.32 Å². The number of nitrogens with two attached hydrogens (primary N) is 1. The van der Waals surface area contributed by atoms with Gasteiger partial charge in [-0.15, -0.1) is 11.3 Å². The molecule has 1 saturated heterocycles. The molecule has 5 rings (SSSR count). The first-order chi connectivity index (χ1) is 14.9. The summed E-state index contributed by atoms with van der Waals surface area (Å²) in [5, 5.41) is 3.76. The van der Waals surface area contributed by atoms with Crippen LogP contribution in [0.4, 0.5) is 4.79 Å². The summed E-state index contributed by atoms with van der Waals surface area (Å²) < 4.78 is 2.04. The highest BCUT2D eigenvalue weighted by atomic mass is 35.5. The second-order valence-corrected chi connectivity index (χ2v) is 9.90. The average Bonchev–Trinajstić information content (AvgIpc) is 3.08. The molecule has 7 nitrogen and oxygen atoms in total. The van der Waals surface area contributed by atoms with E-state index < -0.39 is 12.1 Å². The molecule has 2 aliphatic rings. The van der Waals surface area contributed by atoms with E-state index in [-0.39, 0.29) is 24.3 Å². The zero-order valence-electron chi connectivity index (χ0n) is 16.6. The Morgan fingerprint density at radius 2 is 1.97 bits per heavy atom. The molecule has 3 N–H and O–H groups in total. The number of hydrogen-bond acceptors (Lipinski definition) is 4. The van der Waals surface area contributed by atoms with Crippen molar-refractivity contribution in [2.24, 2.45) is 11.7 Å². The molecule has 9 heteroatoms. The van der Waals surface area contributed by atoms with Gasteiger partial charge in [0.2, 0.25) is 11.8 Å². The van der Waals surface area contributed by atoms with Crippen molar-refractivity contribution in [3.8, 4) is 0 Å². The molecular weight excluding hydrogens is 436 g/mol. The Morgan fingerprint density at radius 1 is 1.16 bits per heavy atom. The maximum absolute atomic E-state index is 13.3. The lowest BCUT2D eigenvalue weighted by Crippen LogP contribution is -2.48. The summed E-state index contributed by atoms with van der Waals surface area (Å²) in [6.07, 6.45) is 3.38. The number of thiophene rings is 1. The fourth-order valence-electron chi connectivity index (χ4n) is 4.62. The van der Waals surface area contributed by atoms with Crippen LogP contribution in [0.1, 0.15) is 23.3 Å². The first-order valence-electron chi connectivity index (χ1n) is 10.1. The van der Waals surface area contributed by atoms with Gasteiger partial charge in [0.25, 0.3) is 0 Å². The second kappa shape index (κ2) is 7.69. The number of primary amides is 1. The van der Waals surface area contributed by atoms with Gasteiger partial charge in [0, 0.05) is 22.5 Å². The molecule has 1 aromatic carbocycles. The third-order valence-corrected chi connectivity index (χ3v) is 7.37. The molecule has 2 unspecified atom stereocenters. The summed E-state index contributed by atoms with van der Waals surface area (Å²) in [7, 11) is 0. The number of likely N-dealkylation sites (tertiary alicyclic amines) is 1. The van der Waals surface area contributed by atoms with Crippen LogP contribution in [0.25, 0.3) is 10.9 Å². The van der Waals surface area contributed by atoms with Crippen LogP contribution >= 0.6 is 22.9 Å². The van der Waals surface area contributed by atoms with Crippen molar-refractivity contribution >= 4 is 51.7 Å². The molecule has 3 atom stereocenters. The number of rotatable bonds is 5. The van der Waals surface area contributed by atoms with Crippen LogP contribution in [0.2, 0.25) is 4.34 Å². The Bertz CT molecular complexity index is 1200. The molecule has 3 amide bonds. The smallest absolute Gasteiger partial charge is 0.323 e. The molecule has 1 aliphatic heterocycles. The average molecular weight is 457 g/mol. The van der Waals surface area contributed by atoms with E-state index in [1.165, 1.54) is 15.9 Å². The number of fused-ring (bicyclic) bond motifs is 2. The van der Waals surface area contributed by atoms with Gasteiger partial charge in [0.1, 0.15) is 6.04 Å². The summed E-state index contributed by atoms with van der Waals surface area (Å²) in [5.74, 6) is 0.157. The molecule has 1 saturated carbocycles. The van der Waals surface area contributed by atoms with Crippen LogP contribution in [0, 0.1) is 5.92 Å². The number of amides is 3. The zero-order chi connectivity index (χ0) is 21.7. The third-order valence-electron chi connectivity index (χ3n) is 6.13. The zero-order valence-corrected chi connectivity index (χ0v) is 18.2. The number of carbonyl (C=O) groups is 3. The number of nitrogens with zero attached hydrogens (tertiary/aromatic N) is 2. The van der Waals surface area contributed by atoms with E-state index in [1.807, 2.05) is 24.3 Å². The van der Waals surface area contributed by atoms with Crippen LogP contribution in [-0.2, 0) is 22.6 Å². The Labute approximate surface area is 187 Å². The maximum atomic E-state index is 13.3. The van der Waals surface area contributed by atoms with Gasteiger partial charge in [0.15, 0.2) is 0 Å². The minimum absolute atomic E-state index is 0.100. The SMILES string of the molecule is NC(=O)n1cc(CC(=O)N2C3CC3C[C@H]2C(=O)NCc2ccc(Cl)s2)c2ccccc21. The summed E-state index contributed by atoms with van der Waals surface area (Å²) in [4.78, 5) is 40.6. The molecule has 2 aromatic heterocycles. The molecule has 160 valence electrons. The van der Waals surface area contributed by atoms with Crippen LogP contribution in [-0.4, -0.2) is 39.4 Å². The van der Waals surface area contributed by atoms with E-state index in [9.17, 15) is 14.4 Å². The lowest BCUT2D eigenvalue weighted by Gasteiger charge is -2.27. The van der Waals surface area contributed by atoms with Gasteiger partial charge in [-0.3, -0.25) is 14.2 Å². The van der Waals surface area contributed by atoms with Crippen molar-refractivity contribution in [1.29, 1.82) is 0 Å². The highest BCUT2D eigenvalue weighted by Crippen LogP contribution is 2.48. The molecule has 31 heavy (non-hydrogen) atoms. The molecule has 0 radical (unpaired) electrons. The van der Waals surface area contributed by atoms with Gasteiger partial charge < -0.3 is 16.0 Å². The van der Waals surface area contributed by atoms with Crippen molar-refractivity contribution in [1.82, 2.24) is 14.8 Å². The monoisotopic (exact) mass is 456 g/mol. The van der Waals surface area contributed by atoms with Crippen molar-refractivity contribution < 1.29 is 14.4 Å². The normalized spacial score (nSPS) is 21.8. The second-order valence-electron chi connectivity index (χ2n) is 8.10. The summed E-state index contributed by atoms with van der Waals surface area (Å²) in [5.41, 5.74) is 6.89. The van der Waals surface area contributed by atoms with E-state index in [4.69, 9.17) is 17.3 Å². The number of hydrogen-bond donors (Lipinski definition) is 2. The number of benzene rings is 1. The van der Waals surface area contributed by atoms with Gasteiger partial charge >= 0.3 is 6.03 Å². The number of para-hydroxylation sites is 1. The lowest BCUT2D eigenvalue weighted by atomic mass is 10.1. The van der Waals surface area contributed by atoms with Crippen molar-refractivity contribution in [3.05, 3.63) is 57.4 Å². The summed E-state index contributed by atoms with van der Waals surface area (Å²) in [6, 6.07) is 10.1. The van der Waals surface area contributed by atoms with Crippen LogP contribution in [0.3, 0.4) is 0 Å². The third kappa shape index (κ3) is 3.70. The van der Waals surface area contributed by atoms with E-state index in [0.29, 0.717) is 28.7 Å². The van der Waals surface area contributed by atoms with E-state index >= 15 is 0 Å². The van der Waals surface area contributed by atoms with Gasteiger partial charge in [-0.25, -0.2) is 4.79 Å². The highest BCUT2D eigenvalue weighted by Gasteiger charge is 2.55. The number of carbonyl (C=O) groups excluding carboxylic acids is 3. The van der Waals surface area contributed by atoms with Gasteiger partial charge in [-0.05, 0) is 42.5 Å². The minimum atomic E-state index is -0.593. The van der Waals surface area contributed by atoms with Crippen LogP contribution < -0.4 is 11.1 Å². The molecular formula is C22H21ClN4O3S. The lowest BCUT2D eigenvalue weighted by molar-refractivity contribution is -0.139.